The zero-order chi connectivity index (χ0) is 18.4. The minimum absolute atomic E-state index is 0.199. The molecule has 0 aromatic heterocycles. The van der Waals surface area contributed by atoms with Crippen LogP contribution in [0, 0.1) is 6.92 Å². The molecular weight excluding hydrogens is 338 g/mol. The number of rotatable bonds is 6. The van der Waals surface area contributed by atoms with Gasteiger partial charge >= 0.3 is 0 Å². The third kappa shape index (κ3) is 4.54. The van der Waals surface area contributed by atoms with E-state index in [2.05, 4.69) is 12.2 Å². The minimum Gasteiger partial charge on any atom is -0.493 e. The predicted octanol–water partition coefficient (Wildman–Crippen LogP) is 4.88. The van der Waals surface area contributed by atoms with Gasteiger partial charge in [0.1, 0.15) is 0 Å². The summed E-state index contributed by atoms with van der Waals surface area (Å²) in [5.41, 5.74) is 3.76. The average molecular weight is 360 g/mol. The van der Waals surface area contributed by atoms with Gasteiger partial charge in [-0.25, -0.2) is 0 Å². The SMILES string of the molecule is CCc1cccc(C)c1NC(=O)/C=C/c1cc(Cl)c(OC)c(OC)c1. The number of amides is 1. The number of anilines is 1. The van der Waals surface area contributed by atoms with Crippen molar-refractivity contribution in [2.45, 2.75) is 20.3 Å². The molecule has 2 aromatic rings. The first-order valence-electron chi connectivity index (χ1n) is 7.99. The van der Waals surface area contributed by atoms with Crippen LogP contribution in [0.4, 0.5) is 5.69 Å². The molecule has 0 radical (unpaired) electrons. The summed E-state index contributed by atoms with van der Waals surface area (Å²) in [6.07, 6.45) is 4.02. The zero-order valence-corrected chi connectivity index (χ0v) is 15.6. The molecule has 0 atom stereocenters. The summed E-state index contributed by atoms with van der Waals surface area (Å²) in [4.78, 5) is 12.3. The largest absolute Gasteiger partial charge is 0.493 e. The van der Waals surface area contributed by atoms with Crippen molar-refractivity contribution < 1.29 is 14.3 Å². The number of nitrogens with one attached hydrogen (secondary N) is 1. The number of benzene rings is 2. The van der Waals surface area contributed by atoms with E-state index in [1.807, 2.05) is 25.1 Å². The standard InChI is InChI=1S/C20H22ClNO3/c1-5-15-8-6-7-13(2)19(15)22-18(23)10-9-14-11-16(21)20(25-4)17(12-14)24-3/h6-12H,5H2,1-4H3,(H,22,23)/b10-9+. The number of ether oxygens (including phenoxy) is 2. The Labute approximate surface area is 153 Å². The Morgan fingerprint density at radius 2 is 2.00 bits per heavy atom. The van der Waals surface area contributed by atoms with Crippen molar-refractivity contribution in [2.24, 2.45) is 0 Å². The van der Waals surface area contributed by atoms with Crippen LogP contribution in [0.1, 0.15) is 23.6 Å². The Balaban J connectivity index is 2.20. The van der Waals surface area contributed by atoms with Crippen LogP contribution in [0.5, 0.6) is 11.5 Å². The first-order valence-corrected chi connectivity index (χ1v) is 8.37. The minimum atomic E-state index is -0.199. The van der Waals surface area contributed by atoms with Crippen molar-refractivity contribution in [3.05, 3.63) is 58.1 Å². The number of carbonyl (C=O) groups is 1. The molecule has 132 valence electrons. The van der Waals surface area contributed by atoms with Crippen molar-refractivity contribution in [1.29, 1.82) is 0 Å². The van der Waals surface area contributed by atoms with Crippen LogP contribution in [0.3, 0.4) is 0 Å². The van der Waals surface area contributed by atoms with Gasteiger partial charge in [0.15, 0.2) is 11.5 Å². The van der Waals surface area contributed by atoms with E-state index in [4.69, 9.17) is 21.1 Å². The van der Waals surface area contributed by atoms with Crippen LogP contribution in [0.15, 0.2) is 36.4 Å². The maximum absolute atomic E-state index is 12.3. The summed E-state index contributed by atoms with van der Waals surface area (Å²) < 4.78 is 10.5. The van der Waals surface area contributed by atoms with Crippen molar-refractivity contribution in [3.8, 4) is 11.5 Å². The number of methoxy groups -OCH3 is 2. The summed E-state index contributed by atoms with van der Waals surface area (Å²) in [5.74, 6) is 0.787. The number of aryl methyl sites for hydroxylation is 2. The molecule has 0 heterocycles. The topological polar surface area (TPSA) is 47.6 Å². The molecule has 0 saturated carbocycles. The molecular formula is C20H22ClNO3. The highest BCUT2D eigenvalue weighted by Gasteiger charge is 2.10. The Hall–Kier alpha value is -2.46. The highest BCUT2D eigenvalue weighted by molar-refractivity contribution is 6.32. The van der Waals surface area contributed by atoms with Crippen LogP contribution in [-0.2, 0) is 11.2 Å². The van der Waals surface area contributed by atoms with Gasteiger partial charge in [-0.2, -0.15) is 0 Å². The molecule has 0 saturated heterocycles. The molecule has 0 bridgehead atoms. The van der Waals surface area contributed by atoms with Crippen molar-refractivity contribution in [1.82, 2.24) is 0 Å². The number of halogens is 1. The highest BCUT2D eigenvalue weighted by Crippen LogP contribution is 2.36. The van der Waals surface area contributed by atoms with Gasteiger partial charge in [-0.3, -0.25) is 4.79 Å². The van der Waals surface area contributed by atoms with Crippen LogP contribution < -0.4 is 14.8 Å². The summed E-state index contributed by atoms with van der Waals surface area (Å²) in [6.45, 7) is 4.04. The fraction of sp³-hybridized carbons (Fsp3) is 0.250. The maximum atomic E-state index is 12.3. The van der Waals surface area contributed by atoms with E-state index in [0.717, 1.165) is 28.8 Å². The van der Waals surface area contributed by atoms with Crippen LogP contribution in [-0.4, -0.2) is 20.1 Å². The Bertz CT molecular complexity index is 800. The van der Waals surface area contributed by atoms with E-state index in [-0.39, 0.29) is 5.91 Å². The molecule has 0 aliphatic carbocycles. The van der Waals surface area contributed by atoms with Gasteiger partial charge in [0.25, 0.3) is 0 Å². The number of para-hydroxylation sites is 1. The second-order valence-electron chi connectivity index (χ2n) is 5.52. The van der Waals surface area contributed by atoms with Crippen LogP contribution >= 0.6 is 11.6 Å². The number of hydrogen-bond donors (Lipinski definition) is 1. The first-order chi connectivity index (χ1) is 12.0. The molecule has 2 rings (SSSR count). The summed E-state index contributed by atoms with van der Waals surface area (Å²) in [6, 6.07) is 9.47. The number of carbonyl (C=O) groups excluding carboxylic acids is 1. The average Bonchev–Trinajstić information content (AvgIpc) is 2.61. The van der Waals surface area contributed by atoms with Crippen LogP contribution in [0.25, 0.3) is 6.08 Å². The van der Waals surface area contributed by atoms with Gasteiger partial charge < -0.3 is 14.8 Å². The Morgan fingerprint density at radius 1 is 1.24 bits per heavy atom. The van der Waals surface area contributed by atoms with Gasteiger partial charge in [0, 0.05) is 11.8 Å². The lowest BCUT2D eigenvalue weighted by Crippen LogP contribution is -2.11. The van der Waals surface area contributed by atoms with E-state index < -0.39 is 0 Å². The van der Waals surface area contributed by atoms with Crippen LogP contribution in [0.2, 0.25) is 5.02 Å². The second kappa shape index (κ2) is 8.58. The van der Waals surface area contributed by atoms with Gasteiger partial charge in [-0.1, -0.05) is 36.7 Å². The van der Waals surface area contributed by atoms with Crippen molar-refractivity contribution in [3.63, 3.8) is 0 Å². The molecule has 0 unspecified atom stereocenters. The normalized spacial score (nSPS) is 10.8. The molecule has 5 heteroatoms. The summed E-state index contributed by atoms with van der Waals surface area (Å²) in [5, 5.41) is 3.38. The summed E-state index contributed by atoms with van der Waals surface area (Å²) in [7, 11) is 3.07. The second-order valence-corrected chi connectivity index (χ2v) is 5.93. The quantitative estimate of drug-likeness (QED) is 0.748. The maximum Gasteiger partial charge on any atom is 0.248 e. The van der Waals surface area contributed by atoms with E-state index >= 15 is 0 Å². The molecule has 0 aliphatic heterocycles. The Morgan fingerprint density at radius 3 is 2.64 bits per heavy atom. The predicted molar refractivity (Wildman–Crippen MR) is 103 cm³/mol. The lowest BCUT2D eigenvalue weighted by atomic mass is 10.1. The smallest absolute Gasteiger partial charge is 0.248 e. The zero-order valence-electron chi connectivity index (χ0n) is 14.9. The van der Waals surface area contributed by atoms with E-state index in [0.29, 0.717) is 16.5 Å². The lowest BCUT2D eigenvalue weighted by molar-refractivity contribution is -0.111. The van der Waals surface area contributed by atoms with Gasteiger partial charge in [-0.15, -0.1) is 0 Å². The molecule has 0 spiro atoms. The third-order valence-corrected chi connectivity index (χ3v) is 4.15. The van der Waals surface area contributed by atoms with E-state index in [9.17, 15) is 4.79 Å². The van der Waals surface area contributed by atoms with Crippen molar-refractivity contribution in [2.75, 3.05) is 19.5 Å². The third-order valence-electron chi connectivity index (χ3n) is 3.87. The molecule has 4 nitrogen and oxygen atoms in total. The van der Waals surface area contributed by atoms with E-state index in [1.165, 1.54) is 13.2 Å². The monoisotopic (exact) mass is 359 g/mol. The Kier molecular flexibility index (Phi) is 6.48. The molecule has 1 N–H and O–H groups in total. The fourth-order valence-corrected chi connectivity index (χ4v) is 2.87. The molecule has 2 aromatic carbocycles. The lowest BCUT2D eigenvalue weighted by Gasteiger charge is -2.12. The van der Waals surface area contributed by atoms with Crippen molar-refractivity contribution >= 4 is 29.3 Å². The molecule has 1 amide bonds. The van der Waals surface area contributed by atoms with Gasteiger partial charge in [0.2, 0.25) is 5.91 Å². The number of hydrogen-bond acceptors (Lipinski definition) is 3. The molecule has 25 heavy (non-hydrogen) atoms. The van der Waals surface area contributed by atoms with Gasteiger partial charge in [-0.05, 0) is 48.2 Å². The first kappa shape index (κ1) is 18.9. The molecule has 0 fully saturated rings. The summed E-state index contributed by atoms with van der Waals surface area (Å²) >= 11 is 6.18. The fourth-order valence-electron chi connectivity index (χ4n) is 2.57. The highest BCUT2D eigenvalue weighted by atomic mass is 35.5. The molecule has 0 aliphatic rings. The van der Waals surface area contributed by atoms with Gasteiger partial charge in [0.05, 0.1) is 19.2 Å². The van der Waals surface area contributed by atoms with E-state index in [1.54, 1.807) is 25.3 Å².